The van der Waals surface area contributed by atoms with E-state index in [-0.39, 0.29) is 6.04 Å². The summed E-state index contributed by atoms with van der Waals surface area (Å²) in [7, 11) is 0. The first-order chi connectivity index (χ1) is 12.1. The fourth-order valence-electron chi connectivity index (χ4n) is 3.72. The van der Waals surface area contributed by atoms with E-state index in [1.807, 2.05) is 6.92 Å². The first-order valence-electron chi connectivity index (χ1n) is 8.74. The molecule has 1 aliphatic heterocycles. The molecule has 4 N–H and O–H groups in total. The number of fused-ring (bicyclic) bond motifs is 1. The molecular formula is C16H23N5O4. The molecule has 9 nitrogen and oxygen atoms in total. The molecule has 0 unspecified atom stereocenters. The van der Waals surface area contributed by atoms with Gasteiger partial charge in [-0.2, -0.15) is 0 Å². The summed E-state index contributed by atoms with van der Waals surface area (Å²) < 4.78 is 7.40. The molecule has 136 valence electrons. The van der Waals surface area contributed by atoms with Crippen molar-refractivity contribution in [1.82, 2.24) is 19.5 Å². The number of hydrogen-bond acceptors (Lipinski definition) is 8. The predicted molar refractivity (Wildman–Crippen MR) is 88.8 cm³/mol. The van der Waals surface area contributed by atoms with Crippen molar-refractivity contribution in [2.24, 2.45) is 0 Å². The maximum absolute atomic E-state index is 10.3. The summed E-state index contributed by atoms with van der Waals surface area (Å²) in [5, 5.41) is 33.7. The van der Waals surface area contributed by atoms with Crippen LogP contribution in [0.4, 0.5) is 5.82 Å². The van der Waals surface area contributed by atoms with Crippen LogP contribution in [0.15, 0.2) is 12.7 Å². The van der Waals surface area contributed by atoms with Crippen molar-refractivity contribution < 1.29 is 20.1 Å². The van der Waals surface area contributed by atoms with Crippen molar-refractivity contribution in [3.05, 3.63) is 12.7 Å². The number of nitrogens with one attached hydrogen (secondary N) is 1. The van der Waals surface area contributed by atoms with Gasteiger partial charge in [-0.1, -0.05) is 6.92 Å². The van der Waals surface area contributed by atoms with Gasteiger partial charge in [0.1, 0.15) is 18.5 Å². The lowest BCUT2D eigenvalue weighted by molar-refractivity contribution is -0.0355. The van der Waals surface area contributed by atoms with E-state index >= 15 is 0 Å². The smallest absolute Gasteiger partial charge is 0.167 e. The number of aromatic nitrogens is 4. The first-order valence-corrected chi connectivity index (χ1v) is 8.74. The molecule has 3 heterocycles. The fraction of sp³-hybridized carbons (Fsp3) is 0.688. The van der Waals surface area contributed by atoms with E-state index in [0.717, 1.165) is 19.3 Å². The first kappa shape index (κ1) is 16.6. The average Bonchev–Trinajstić information content (AvgIpc) is 3.29. The Balaban J connectivity index is 1.65. The van der Waals surface area contributed by atoms with Crippen LogP contribution in [0, 0.1) is 0 Å². The minimum absolute atomic E-state index is 0.0529. The van der Waals surface area contributed by atoms with Gasteiger partial charge in [0.05, 0.1) is 24.6 Å². The van der Waals surface area contributed by atoms with Crippen LogP contribution >= 0.6 is 0 Å². The summed E-state index contributed by atoms with van der Waals surface area (Å²) in [6.45, 7) is 1.89. The minimum atomic E-state index is -1.05. The average molecular weight is 349 g/mol. The molecule has 2 aromatic heterocycles. The Labute approximate surface area is 144 Å². The van der Waals surface area contributed by atoms with E-state index in [1.54, 1.807) is 4.57 Å². The normalized spacial score (nSPS) is 35.5. The SMILES string of the molecule is CC[C@H]1O[C@@H](n2cnc3c(N[C@@H]4CCC[C@@H]4O)ncnc32)[C@H](O)[C@@H]1O. The minimum Gasteiger partial charge on any atom is -0.391 e. The van der Waals surface area contributed by atoms with Crippen molar-refractivity contribution in [2.75, 3.05) is 5.32 Å². The molecule has 6 atom stereocenters. The molecule has 0 radical (unpaired) electrons. The van der Waals surface area contributed by atoms with E-state index < -0.39 is 30.6 Å². The molecule has 25 heavy (non-hydrogen) atoms. The van der Waals surface area contributed by atoms with Crippen LogP contribution in [0.2, 0.25) is 0 Å². The number of hydrogen-bond donors (Lipinski definition) is 4. The number of aliphatic hydroxyl groups excluding tert-OH is 3. The Morgan fingerprint density at radius 1 is 1.20 bits per heavy atom. The quantitative estimate of drug-likeness (QED) is 0.616. The second-order valence-corrected chi connectivity index (χ2v) is 6.75. The summed E-state index contributed by atoms with van der Waals surface area (Å²) in [6, 6.07) is -0.0529. The summed E-state index contributed by atoms with van der Waals surface area (Å²) in [5.41, 5.74) is 1.06. The third kappa shape index (κ3) is 2.77. The van der Waals surface area contributed by atoms with Crippen molar-refractivity contribution >= 4 is 17.0 Å². The van der Waals surface area contributed by atoms with Crippen LogP contribution in [0.3, 0.4) is 0 Å². The van der Waals surface area contributed by atoms with Crippen LogP contribution in [-0.2, 0) is 4.74 Å². The van der Waals surface area contributed by atoms with Gasteiger partial charge in [-0.05, 0) is 25.7 Å². The molecule has 1 saturated carbocycles. The van der Waals surface area contributed by atoms with Crippen LogP contribution in [0.1, 0.15) is 38.8 Å². The largest absolute Gasteiger partial charge is 0.391 e. The maximum atomic E-state index is 10.3. The summed E-state index contributed by atoms with van der Waals surface area (Å²) in [4.78, 5) is 12.9. The molecule has 1 aliphatic carbocycles. The van der Waals surface area contributed by atoms with Crippen molar-refractivity contribution in [3.63, 3.8) is 0 Å². The van der Waals surface area contributed by atoms with Crippen LogP contribution < -0.4 is 5.32 Å². The standard InChI is InChI=1S/C16H23N5O4/c1-2-10-12(23)13(24)16(25-10)21-7-19-11-14(17-6-18-15(11)21)20-8-4-3-5-9(8)22/h6-10,12-13,16,22-24H,2-5H2,1H3,(H,17,18,20)/t8-,9+,10-,12-,13-,16-/m1/s1. The molecule has 4 rings (SSSR count). The number of ether oxygens (including phenoxy) is 1. The summed E-state index contributed by atoms with van der Waals surface area (Å²) in [5.74, 6) is 0.551. The number of rotatable bonds is 4. The number of nitrogens with zero attached hydrogens (tertiary/aromatic N) is 4. The molecule has 2 aromatic rings. The summed E-state index contributed by atoms with van der Waals surface area (Å²) >= 11 is 0. The van der Waals surface area contributed by atoms with Gasteiger partial charge in [0.2, 0.25) is 0 Å². The predicted octanol–water partition coefficient (Wildman–Crippen LogP) is 0.181. The van der Waals surface area contributed by atoms with Crippen LogP contribution in [0.25, 0.3) is 11.2 Å². The highest BCUT2D eigenvalue weighted by Crippen LogP contribution is 2.33. The number of imidazole rings is 1. The number of aliphatic hydroxyl groups is 3. The molecule has 1 saturated heterocycles. The van der Waals surface area contributed by atoms with E-state index in [4.69, 9.17) is 4.74 Å². The topological polar surface area (TPSA) is 126 Å². The summed E-state index contributed by atoms with van der Waals surface area (Å²) in [6.07, 6.45) is 2.62. The molecule has 0 amide bonds. The molecule has 0 aromatic carbocycles. The Bertz CT molecular complexity index is 753. The Morgan fingerprint density at radius 2 is 2.04 bits per heavy atom. The Morgan fingerprint density at radius 3 is 2.72 bits per heavy atom. The third-order valence-electron chi connectivity index (χ3n) is 5.17. The fourth-order valence-corrected chi connectivity index (χ4v) is 3.72. The molecule has 0 spiro atoms. The van der Waals surface area contributed by atoms with Crippen molar-refractivity contribution in [1.29, 1.82) is 0 Å². The van der Waals surface area contributed by atoms with E-state index in [0.29, 0.717) is 23.4 Å². The lowest BCUT2D eigenvalue weighted by Gasteiger charge is -2.18. The zero-order valence-corrected chi connectivity index (χ0v) is 14.0. The molecule has 2 fully saturated rings. The van der Waals surface area contributed by atoms with Gasteiger partial charge in [-0.3, -0.25) is 4.57 Å². The van der Waals surface area contributed by atoms with Crippen LogP contribution in [0.5, 0.6) is 0 Å². The highest BCUT2D eigenvalue weighted by Gasteiger charge is 2.43. The van der Waals surface area contributed by atoms with E-state index in [9.17, 15) is 15.3 Å². The van der Waals surface area contributed by atoms with Gasteiger partial charge in [-0.15, -0.1) is 0 Å². The highest BCUT2D eigenvalue weighted by molar-refractivity contribution is 5.82. The monoisotopic (exact) mass is 349 g/mol. The molecule has 9 heteroatoms. The zero-order valence-electron chi connectivity index (χ0n) is 14.0. The van der Waals surface area contributed by atoms with Gasteiger partial charge < -0.3 is 25.4 Å². The second-order valence-electron chi connectivity index (χ2n) is 6.75. The lowest BCUT2D eigenvalue weighted by Crippen LogP contribution is -2.31. The second kappa shape index (κ2) is 6.49. The van der Waals surface area contributed by atoms with Crippen LogP contribution in [-0.4, -0.2) is 65.3 Å². The van der Waals surface area contributed by atoms with E-state index in [2.05, 4.69) is 20.3 Å². The highest BCUT2D eigenvalue weighted by atomic mass is 16.6. The Hall–Kier alpha value is -1.81. The van der Waals surface area contributed by atoms with Crippen molar-refractivity contribution in [3.8, 4) is 0 Å². The zero-order chi connectivity index (χ0) is 17.6. The Kier molecular flexibility index (Phi) is 4.32. The molecule has 0 bridgehead atoms. The van der Waals surface area contributed by atoms with Gasteiger partial charge in [0.15, 0.2) is 23.2 Å². The van der Waals surface area contributed by atoms with Gasteiger partial charge in [0, 0.05) is 0 Å². The van der Waals surface area contributed by atoms with Crippen molar-refractivity contribution in [2.45, 2.75) is 69.3 Å². The number of anilines is 1. The third-order valence-corrected chi connectivity index (χ3v) is 5.17. The van der Waals surface area contributed by atoms with E-state index in [1.165, 1.54) is 12.7 Å². The lowest BCUT2D eigenvalue weighted by atomic mass is 10.1. The van der Waals surface area contributed by atoms with Gasteiger partial charge >= 0.3 is 0 Å². The maximum Gasteiger partial charge on any atom is 0.167 e. The van der Waals surface area contributed by atoms with Gasteiger partial charge in [-0.25, -0.2) is 15.0 Å². The van der Waals surface area contributed by atoms with Gasteiger partial charge in [0.25, 0.3) is 0 Å². The molecular weight excluding hydrogens is 326 g/mol. The molecule has 2 aliphatic rings.